The summed E-state index contributed by atoms with van der Waals surface area (Å²) < 4.78 is 5.70. The normalized spacial score (nSPS) is 12.4. The van der Waals surface area contributed by atoms with E-state index in [0.29, 0.717) is 26.1 Å². The zero-order chi connectivity index (χ0) is 22.9. The highest BCUT2D eigenvalue weighted by atomic mass is 32.1. The van der Waals surface area contributed by atoms with Crippen LogP contribution in [0.2, 0.25) is 0 Å². The van der Waals surface area contributed by atoms with E-state index in [1.807, 2.05) is 55.8 Å². The zero-order valence-corrected chi connectivity index (χ0v) is 20.5. The topological polar surface area (TPSA) is 70.1 Å². The molecule has 2 aromatic heterocycles. The Kier molecular flexibility index (Phi) is 9.84. The van der Waals surface area contributed by atoms with Crippen molar-refractivity contribution >= 4 is 34.9 Å². The number of amides is 2. The second-order valence-corrected chi connectivity index (χ2v) is 10.9. The summed E-state index contributed by atoms with van der Waals surface area (Å²) >= 11 is 3.20. The fourth-order valence-electron chi connectivity index (χ4n) is 3.26. The first-order valence-electron chi connectivity index (χ1n) is 10.7. The predicted octanol–water partition coefficient (Wildman–Crippen LogP) is 6.53. The summed E-state index contributed by atoms with van der Waals surface area (Å²) in [5, 5.41) is 13.8. The van der Waals surface area contributed by atoms with Gasteiger partial charge in [-0.25, -0.2) is 9.59 Å². The first-order chi connectivity index (χ1) is 14.7. The molecule has 0 radical (unpaired) electrons. The quantitative estimate of drug-likeness (QED) is 0.408. The summed E-state index contributed by atoms with van der Waals surface area (Å²) in [4.78, 5) is 30.2. The molecule has 2 amide bonds. The van der Waals surface area contributed by atoms with Gasteiger partial charge in [-0.15, -0.1) is 22.7 Å². The minimum Gasteiger partial charge on any atom is -0.465 e. The number of rotatable bonds is 11. The smallest absolute Gasteiger partial charge is 0.410 e. The summed E-state index contributed by atoms with van der Waals surface area (Å²) in [6.45, 7) is 9.49. The third kappa shape index (κ3) is 8.91. The number of carbonyl (C=O) groups excluding carboxylic acids is 1. The second-order valence-electron chi connectivity index (χ2n) is 8.86. The third-order valence-electron chi connectivity index (χ3n) is 4.73. The van der Waals surface area contributed by atoms with Crippen LogP contribution < -0.4 is 0 Å². The Morgan fingerprint density at radius 3 is 2.10 bits per heavy atom. The molecule has 8 heteroatoms. The Labute approximate surface area is 193 Å². The molecular formula is C23H34N2O4S2. The van der Waals surface area contributed by atoms with Gasteiger partial charge in [0.1, 0.15) is 6.61 Å². The summed E-state index contributed by atoms with van der Waals surface area (Å²) in [6.07, 6.45) is 1.12. The van der Waals surface area contributed by atoms with E-state index in [-0.39, 0.29) is 18.1 Å². The van der Waals surface area contributed by atoms with Gasteiger partial charge in [-0.2, -0.15) is 0 Å². The number of hydrogen-bond acceptors (Lipinski definition) is 5. The molecule has 2 heterocycles. The van der Waals surface area contributed by atoms with Gasteiger partial charge in [-0.05, 0) is 34.7 Å². The SMILES string of the molecule is CCCC[C@@H](COC(=O)N(Cc1cccs1)Cc1cccs1)N(CC(C)(C)C)C(=O)O. The molecule has 1 atom stereocenters. The number of nitrogens with zero attached hydrogens (tertiary/aromatic N) is 2. The van der Waals surface area contributed by atoms with E-state index in [9.17, 15) is 14.7 Å². The molecule has 1 N–H and O–H groups in total. The van der Waals surface area contributed by atoms with Crippen molar-refractivity contribution in [1.82, 2.24) is 9.80 Å². The molecule has 0 spiro atoms. The van der Waals surface area contributed by atoms with Gasteiger partial charge in [-0.3, -0.25) is 4.90 Å². The molecule has 172 valence electrons. The van der Waals surface area contributed by atoms with Crippen LogP contribution >= 0.6 is 22.7 Å². The average Bonchev–Trinajstić information content (AvgIpc) is 3.39. The maximum atomic E-state index is 13.0. The Morgan fingerprint density at radius 1 is 1.10 bits per heavy atom. The lowest BCUT2D eigenvalue weighted by Crippen LogP contribution is -2.47. The highest BCUT2D eigenvalue weighted by Crippen LogP contribution is 2.21. The Morgan fingerprint density at radius 2 is 1.68 bits per heavy atom. The van der Waals surface area contributed by atoms with Crippen molar-refractivity contribution in [3.63, 3.8) is 0 Å². The maximum absolute atomic E-state index is 13.0. The molecule has 0 saturated heterocycles. The minimum atomic E-state index is -0.971. The number of carbonyl (C=O) groups is 2. The van der Waals surface area contributed by atoms with Gasteiger partial charge in [-0.1, -0.05) is 52.7 Å². The van der Waals surface area contributed by atoms with Crippen molar-refractivity contribution in [3.05, 3.63) is 44.8 Å². The number of hydrogen-bond donors (Lipinski definition) is 1. The average molecular weight is 467 g/mol. The fraction of sp³-hybridized carbons (Fsp3) is 0.565. The maximum Gasteiger partial charge on any atom is 0.410 e. The van der Waals surface area contributed by atoms with Crippen LogP contribution in [0.15, 0.2) is 35.0 Å². The van der Waals surface area contributed by atoms with Crippen LogP contribution in [0.4, 0.5) is 9.59 Å². The summed E-state index contributed by atoms with van der Waals surface area (Å²) in [5.41, 5.74) is -0.183. The van der Waals surface area contributed by atoms with Crippen LogP contribution in [-0.4, -0.2) is 46.3 Å². The monoisotopic (exact) mass is 466 g/mol. The predicted molar refractivity (Wildman–Crippen MR) is 127 cm³/mol. The fourth-order valence-corrected chi connectivity index (χ4v) is 4.70. The number of thiophene rings is 2. The van der Waals surface area contributed by atoms with Gasteiger partial charge in [0.2, 0.25) is 0 Å². The van der Waals surface area contributed by atoms with Gasteiger partial charge in [0.15, 0.2) is 0 Å². The molecular weight excluding hydrogens is 432 g/mol. The van der Waals surface area contributed by atoms with Crippen molar-refractivity contribution in [2.75, 3.05) is 13.2 Å². The summed E-state index contributed by atoms with van der Waals surface area (Å²) in [5.74, 6) is 0. The van der Waals surface area contributed by atoms with E-state index in [1.165, 1.54) is 4.90 Å². The molecule has 2 aromatic rings. The molecule has 0 aromatic carbocycles. The van der Waals surface area contributed by atoms with Crippen molar-refractivity contribution in [2.24, 2.45) is 5.41 Å². The van der Waals surface area contributed by atoms with Crippen LogP contribution in [0, 0.1) is 5.41 Å². The van der Waals surface area contributed by atoms with E-state index in [0.717, 1.165) is 22.6 Å². The van der Waals surface area contributed by atoms with Crippen LogP contribution in [0.1, 0.15) is 56.7 Å². The van der Waals surface area contributed by atoms with Crippen LogP contribution in [-0.2, 0) is 17.8 Å². The Hall–Kier alpha value is -2.06. The lowest BCUT2D eigenvalue weighted by molar-refractivity contribution is 0.0457. The lowest BCUT2D eigenvalue weighted by Gasteiger charge is -2.34. The first-order valence-corrected chi connectivity index (χ1v) is 12.4. The Balaban J connectivity index is 2.09. The summed E-state index contributed by atoms with van der Waals surface area (Å²) in [7, 11) is 0. The number of ether oxygens (including phenoxy) is 1. The van der Waals surface area contributed by atoms with Crippen LogP contribution in [0.25, 0.3) is 0 Å². The van der Waals surface area contributed by atoms with Gasteiger partial charge in [0.05, 0.1) is 19.1 Å². The highest BCUT2D eigenvalue weighted by molar-refractivity contribution is 7.10. The molecule has 0 aliphatic carbocycles. The van der Waals surface area contributed by atoms with Gasteiger partial charge < -0.3 is 14.7 Å². The van der Waals surface area contributed by atoms with Crippen molar-refractivity contribution < 1.29 is 19.4 Å². The molecule has 0 unspecified atom stereocenters. The molecule has 0 aliphatic rings. The molecule has 0 aliphatic heterocycles. The molecule has 0 saturated carbocycles. The molecule has 6 nitrogen and oxygen atoms in total. The first kappa shape index (κ1) is 25.2. The number of unbranched alkanes of at least 4 members (excludes halogenated alkanes) is 1. The van der Waals surface area contributed by atoms with E-state index < -0.39 is 12.2 Å². The third-order valence-corrected chi connectivity index (χ3v) is 6.46. The molecule has 0 bridgehead atoms. The minimum absolute atomic E-state index is 0.0621. The lowest BCUT2D eigenvalue weighted by atomic mass is 9.95. The largest absolute Gasteiger partial charge is 0.465 e. The van der Waals surface area contributed by atoms with Crippen LogP contribution in [0.3, 0.4) is 0 Å². The van der Waals surface area contributed by atoms with Crippen molar-refractivity contribution in [2.45, 2.75) is 66.1 Å². The van der Waals surface area contributed by atoms with E-state index in [1.54, 1.807) is 27.6 Å². The zero-order valence-electron chi connectivity index (χ0n) is 18.9. The van der Waals surface area contributed by atoms with Crippen LogP contribution in [0.5, 0.6) is 0 Å². The van der Waals surface area contributed by atoms with Gasteiger partial charge in [0.25, 0.3) is 0 Å². The van der Waals surface area contributed by atoms with E-state index >= 15 is 0 Å². The van der Waals surface area contributed by atoms with Gasteiger partial charge in [0, 0.05) is 16.3 Å². The highest BCUT2D eigenvalue weighted by Gasteiger charge is 2.29. The van der Waals surface area contributed by atoms with E-state index in [4.69, 9.17) is 4.74 Å². The van der Waals surface area contributed by atoms with Gasteiger partial charge >= 0.3 is 12.2 Å². The molecule has 31 heavy (non-hydrogen) atoms. The Bertz CT molecular complexity index is 749. The molecule has 2 rings (SSSR count). The number of carboxylic acid groups (broad SMARTS) is 1. The van der Waals surface area contributed by atoms with Crippen molar-refractivity contribution in [1.29, 1.82) is 0 Å². The standard InChI is InChI=1S/C23H34N2O4S2/c1-5-6-9-18(25(21(26)27)17-23(2,3)4)16-29-22(28)24(14-19-10-7-12-30-19)15-20-11-8-13-31-20/h7-8,10-13,18H,5-6,9,14-17H2,1-4H3,(H,26,27)/t18-/m0/s1. The molecule has 0 fully saturated rings. The summed E-state index contributed by atoms with van der Waals surface area (Å²) in [6, 6.07) is 7.57. The van der Waals surface area contributed by atoms with E-state index in [2.05, 4.69) is 6.92 Å². The second kappa shape index (κ2) is 12.1. The van der Waals surface area contributed by atoms with Crippen molar-refractivity contribution in [3.8, 4) is 0 Å².